The van der Waals surface area contributed by atoms with Gasteiger partial charge < -0.3 is 4.52 Å². The minimum Gasteiger partial charge on any atom is -0.338 e. The van der Waals surface area contributed by atoms with Gasteiger partial charge in [0.25, 0.3) is 0 Å². The van der Waals surface area contributed by atoms with Crippen molar-refractivity contribution in [1.82, 2.24) is 10.1 Å². The molecule has 2 saturated carbocycles. The van der Waals surface area contributed by atoms with E-state index in [-0.39, 0.29) is 0 Å². The summed E-state index contributed by atoms with van der Waals surface area (Å²) in [7, 11) is 0. The molecule has 2 aliphatic carbocycles. The number of nitrogens with zero attached hydrogens (tertiary/aromatic N) is 2. The van der Waals surface area contributed by atoms with Crippen molar-refractivity contribution in [3.63, 3.8) is 0 Å². The van der Waals surface area contributed by atoms with Crippen LogP contribution in [0.3, 0.4) is 0 Å². The van der Waals surface area contributed by atoms with Crippen molar-refractivity contribution in [3.8, 4) is 0 Å². The molecule has 2 unspecified atom stereocenters. The summed E-state index contributed by atoms with van der Waals surface area (Å²) < 4.78 is 5.21. The lowest BCUT2D eigenvalue weighted by Gasteiger charge is -1.88. The van der Waals surface area contributed by atoms with E-state index in [0.717, 1.165) is 22.9 Å². The van der Waals surface area contributed by atoms with E-state index in [4.69, 9.17) is 4.52 Å². The quantitative estimate of drug-likeness (QED) is 0.695. The van der Waals surface area contributed by atoms with Crippen LogP contribution in [0.4, 0.5) is 0 Å². The topological polar surface area (TPSA) is 38.9 Å². The van der Waals surface area contributed by atoms with Gasteiger partial charge in [-0.15, -0.1) is 0 Å². The predicted octanol–water partition coefficient (Wildman–Crippen LogP) is 2.30. The molecule has 1 heterocycles. The third-order valence-corrected chi connectivity index (χ3v) is 3.52. The highest BCUT2D eigenvalue weighted by molar-refractivity contribution is 7.98. The number of aromatic nitrogens is 2. The van der Waals surface area contributed by atoms with Gasteiger partial charge in [0.05, 0.1) is 0 Å². The molecule has 70 valence electrons. The van der Waals surface area contributed by atoms with Crippen LogP contribution in [0, 0.1) is 11.8 Å². The average molecular weight is 196 g/mol. The molecule has 4 heteroatoms. The molecule has 2 atom stereocenters. The lowest BCUT2D eigenvalue weighted by molar-refractivity contribution is 0.363. The molecule has 0 amide bonds. The minimum atomic E-state index is 0.598. The maximum absolute atomic E-state index is 5.21. The Bertz CT molecular complexity index is 321. The van der Waals surface area contributed by atoms with Gasteiger partial charge in [0, 0.05) is 5.92 Å². The van der Waals surface area contributed by atoms with E-state index in [9.17, 15) is 0 Å². The van der Waals surface area contributed by atoms with Crippen LogP contribution in [0.5, 0.6) is 0 Å². The van der Waals surface area contributed by atoms with Gasteiger partial charge >= 0.3 is 0 Å². The Hall–Kier alpha value is -0.510. The van der Waals surface area contributed by atoms with Crippen molar-refractivity contribution in [2.75, 3.05) is 6.26 Å². The second-order valence-corrected chi connectivity index (χ2v) is 4.74. The second kappa shape index (κ2) is 2.74. The highest BCUT2D eigenvalue weighted by atomic mass is 32.2. The first-order chi connectivity index (χ1) is 6.38. The fourth-order valence-corrected chi connectivity index (χ4v) is 2.29. The minimum absolute atomic E-state index is 0.598. The third-order valence-electron chi connectivity index (χ3n) is 2.99. The van der Waals surface area contributed by atoms with Crippen LogP contribution in [-0.2, 0) is 0 Å². The molecule has 0 aliphatic heterocycles. The second-order valence-electron chi connectivity index (χ2n) is 3.96. The molecular weight excluding hydrogens is 184 g/mol. The summed E-state index contributed by atoms with van der Waals surface area (Å²) in [6.45, 7) is 0. The summed E-state index contributed by atoms with van der Waals surface area (Å²) in [5.41, 5.74) is 0. The van der Waals surface area contributed by atoms with Crippen molar-refractivity contribution < 1.29 is 4.52 Å². The summed E-state index contributed by atoms with van der Waals surface area (Å²) in [5.74, 6) is 3.33. The van der Waals surface area contributed by atoms with Crippen LogP contribution in [0.25, 0.3) is 0 Å². The smallest absolute Gasteiger partial charge is 0.230 e. The van der Waals surface area contributed by atoms with Crippen LogP contribution in [0.1, 0.15) is 31.1 Å². The fourth-order valence-electron chi connectivity index (χ4n) is 2.00. The maximum atomic E-state index is 5.21. The lowest BCUT2D eigenvalue weighted by atomic mass is 10.2. The van der Waals surface area contributed by atoms with E-state index in [2.05, 4.69) is 10.1 Å². The van der Waals surface area contributed by atoms with Crippen LogP contribution in [0.15, 0.2) is 9.68 Å². The van der Waals surface area contributed by atoms with Crippen molar-refractivity contribution in [2.24, 2.45) is 11.8 Å². The Morgan fingerprint density at radius 2 is 2.31 bits per heavy atom. The Morgan fingerprint density at radius 3 is 2.92 bits per heavy atom. The number of hydrogen-bond acceptors (Lipinski definition) is 4. The highest BCUT2D eigenvalue weighted by Crippen LogP contribution is 2.58. The molecule has 0 bridgehead atoms. The first-order valence-electron chi connectivity index (χ1n) is 4.76. The van der Waals surface area contributed by atoms with Gasteiger partial charge in [0.1, 0.15) is 0 Å². The Balaban J connectivity index is 1.71. The van der Waals surface area contributed by atoms with Gasteiger partial charge in [-0.2, -0.15) is 4.98 Å². The van der Waals surface area contributed by atoms with Crippen LogP contribution >= 0.6 is 11.8 Å². The van der Waals surface area contributed by atoms with Crippen LogP contribution in [-0.4, -0.2) is 16.4 Å². The predicted molar refractivity (Wildman–Crippen MR) is 49.7 cm³/mol. The first-order valence-corrected chi connectivity index (χ1v) is 5.98. The SMILES string of the molecule is CSc1noc(C2CC2C2CC2)n1. The Labute approximate surface area is 81.3 Å². The van der Waals surface area contributed by atoms with Gasteiger partial charge in [-0.05, 0) is 37.4 Å². The summed E-state index contributed by atoms with van der Waals surface area (Å²) in [4.78, 5) is 4.34. The normalized spacial score (nSPS) is 32.1. The number of thioether (sulfide) groups is 1. The van der Waals surface area contributed by atoms with Crippen LogP contribution < -0.4 is 0 Å². The molecule has 0 radical (unpaired) electrons. The monoisotopic (exact) mass is 196 g/mol. The zero-order valence-corrected chi connectivity index (χ0v) is 8.38. The van der Waals surface area contributed by atoms with Crippen LogP contribution in [0.2, 0.25) is 0 Å². The van der Waals surface area contributed by atoms with E-state index < -0.39 is 0 Å². The summed E-state index contributed by atoms with van der Waals surface area (Å²) >= 11 is 1.54. The molecule has 0 aromatic carbocycles. The molecule has 3 nitrogen and oxygen atoms in total. The van der Waals surface area contributed by atoms with Crippen molar-refractivity contribution in [3.05, 3.63) is 5.89 Å². The highest BCUT2D eigenvalue weighted by Gasteiger charge is 2.50. The molecule has 2 aliphatic rings. The van der Waals surface area contributed by atoms with E-state index >= 15 is 0 Å². The largest absolute Gasteiger partial charge is 0.338 e. The van der Waals surface area contributed by atoms with E-state index in [1.54, 1.807) is 11.8 Å². The lowest BCUT2D eigenvalue weighted by Crippen LogP contribution is -1.85. The molecule has 1 aromatic rings. The number of rotatable bonds is 3. The molecular formula is C9H12N2OS. The zero-order chi connectivity index (χ0) is 8.84. The fraction of sp³-hybridized carbons (Fsp3) is 0.778. The average Bonchev–Trinajstić information content (AvgIpc) is 3.01. The molecule has 2 fully saturated rings. The molecule has 0 spiro atoms. The summed E-state index contributed by atoms with van der Waals surface area (Å²) in [5, 5.41) is 4.66. The van der Waals surface area contributed by atoms with E-state index in [0.29, 0.717) is 5.92 Å². The number of hydrogen-bond donors (Lipinski definition) is 0. The van der Waals surface area contributed by atoms with E-state index in [1.165, 1.54) is 19.3 Å². The first kappa shape index (κ1) is 7.85. The Morgan fingerprint density at radius 1 is 1.46 bits per heavy atom. The van der Waals surface area contributed by atoms with Gasteiger partial charge in [-0.1, -0.05) is 16.9 Å². The molecule has 1 aromatic heterocycles. The van der Waals surface area contributed by atoms with E-state index in [1.807, 2.05) is 6.26 Å². The Kier molecular flexibility index (Phi) is 1.65. The summed E-state index contributed by atoms with van der Waals surface area (Å²) in [6, 6.07) is 0. The standard InChI is InChI=1S/C9H12N2OS/c1-13-9-10-8(12-11-9)7-4-6(7)5-2-3-5/h5-7H,2-4H2,1H3. The molecule has 13 heavy (non-hydrogen) atoms. The van der Waals surface area contributed by atoms with Gasteiger partial charge in [0.2, 0.25) is 11.0 Å². The van der Waals surface area contributed by atoms with Gasteiger partial charge in [0.15, 0.2) is 0 Å². The van der Waals surface area contributed by atoms with Crippen molar-refractivity contribution >= 4 is 11.8 Å². The summed E-state index contributed by atoms with van der Waals surface area (Å²) in [6.07, 6.45) is 6.09. The van der Waals surface area contributed by atoms with Gasteiger partial charge in [-0.25, -0.2) is 0 Å². The zero-order valence-electron chi connectivity index (χ0n) is 7.56. The van der Waals surface area contributed by atoms with Crippen molar-refractivity contribution in [2.45, 2.75) is 30.3 Å². The maximum Gasteiger partial charge on any atom is 0.230 e. The molecule has 3 rings (SSSR count). The third kappa shape index (κ3) is 1.37. The molecule has 0 N–H and O–H groups in total. The van der Waals surface area contributed by atoms with Gasteiger partial charge in [-0.3, -0.25) is 0 Å². The van der Waals surface area contributed by atoms with Crippen molar-refractivity contribution in [1.29, 1.82) is 0 Å². The molecule has 0 saturated heterocycles.